The number of benzene rings is 1. The van der Waals surface area contributed by atoms with Crippen LogP contribution in [0, 0.1) is 5.92 Å². The average Bonchev–Trinajstić information content (AvgIpc) is 2.38. The van der Waals surface area contributed by atoms with Crippen molar-refractivity contribution < 1.29 is 14.6 Å². The van der Waals surface area contributed by atoms with Gasteiger partial charge < -0.3 is 9.84 Å². The number of carbonyl (C=O) groups is 1. The van der Waals surface area contributed by atoms with Crippen molar-refractivity contribution in [3.63, 3.8) is 0 Å². The number of hydrogen-bond acceptors (Lipinski definition) is 2. The maximum Gasteiger partial charge on any atom is 0.335 e. The molecule has 2 rings (SSSR count). The van der Waals surface area contributed by atoms with Crippen molar-refractivity contribution in [2.45, 2.75) is 12.8 Å². The lowest BCUT2D eigenvalue weighted by molar-refractivity contribution is -0.130. The minimum atomic E-state index is -0.871. The van der Waals surface area contributed by atoms with Crippen LogP contribution in [0.1, 0.15) is 18.4 Å². The molecule has 0 saturated carbocycles. The molecule has 1 aromatic rings. The summed E-state index contributed by atoms with van der Waals surface area (Å²) < 4.78 is 6.23. The predicted octanol–water partition coefficient (Wildman–Crippen LogP) is 3.34. The smallest absolute Gasteiger partial charge is 0.335 e. The summed E-state index contributed by atoms with van der Waals surface area (Å²) in [6.45, 7) is 1.43. The topological polar surface area (TPSA) is 46.5 Å². The van der Waals surface area contributed by atoms with Crippen molar-refractivity contribution >= 4 is 27.5 Å². The monoisotopic (exact) mass is 310 g/mol. The standard InChI is InChI=1S/C14H15BrO3/c15-12-3-1-11(2-4-12)13(14(16)17)9-10-5-7-18-8-6-10/h1-4,9-10H,5-8H2,(H,16,17)/b13-9+. The van der Waals surface area contributed by atoms with Crippen molar-refractivity contribution in [2.24, 2.45) is 5.92 Å². The van der Waals surface area contributed by atoms with Gasteiger partial charge in [-0.15, -0.1) is 0 Å². The van der Waals surface area contributed by atoms with E-state index in [0.717, 1.165) is 22.9 Å². The van der Waals surface area contributed by atoms with Crippen LogP contribution in [0.4, 0.5) is 0 Å². The van der Waals surface area contributed by atoms with Crippen molar-refractivity contribution in [3.05, 3.63) is 40.4 Å². The van der Waals surface area contributed by atoms with Gasteiger partial charge >= 0.3 is 5.97 Å². The highest BCUT2D eigenvalue weighted by atomic mass is 79.9. The summed E-state index contributed by atoms with van der Waals surface area (Å²) >= 11 is 3.35. The van der Waals surface area contributed by atoms with Crippen LogP contribution in [0.5, 0.6) is 0 Å². The lowest BCUT2D eigenvalue weighted by Crippen LogP contribution is -2.15. The molecule has 1 fully saturated rings. The number of carboxylic acid groups (broad SMARTS) is 1. The van der Waals surface area contributed by atoms with Crippen LogP contribution >= 0.6 is 15.9 Å². The third-order valence-corrected chi connectivity index (χ3v) is 3.58. The van der Waals surface area contributed by atoms with E-state index in [4.69, 9.17) is 4.74 Å². The molecule has 0 amide bonds. The van der Waals surface area contributed by atoms with E-state index < -0.39 is 5.97 Å². The molecule has 0 bridgehead atoms. The average molecular weight is 311 g/mol. The second-order valence-corrected chi connectivity index (χ2v) is 5.26. The Balaban J connectivity index is 2.24. The molecule has 0 radical (unpaired) electrons. The fraction of sp³-hybridized carbons (Fsp3) is 0.357. The molecule has 1 N–H and O–H groups in total. The molecule has 1 aromatic carbocycles. The van der Waals surface area contributed by atoms with Crippen LogP contribution in [0.25, 0.3) is 5.57 Å². The van der Waals surface area contributed by atoms with Crippen LogP contribution in [-0.4, -0.2) is 24.3 Å². The van der Waals surface area contributed by atoms with Gasteiger partial charge in [-0.25, -0.2) is 4.79 Å². The van der Waals surface area contributed by atoms with E-state index in [-0.39, 0.29) is 0 Å². The Morgan fingerprint density at radius 3 is 2.44 bits per heavy atom. The molecule has 0 unspecified atom stereocenters. The fourth-order valence-corrected chi connectivity index (χ4v) is 2.30. The van der Waals surface area contributed by atoms with Gasteiger partial charge in [-0.3, -0.25) is 0 Å². The normalized spacial score (nSPS) is 17.7. The zero-order chi connectivity index (χ0) is 13.0. The zero-order valence-corrected chi connectivity index (χ0v) is 11.5. The fourth-order valence-electron chi connectivity index (χ4n) is 2.04. The predicted molar refractivity (Wildman–Crippen MR) is 73.3 cm³/mol. The van der Waals surface area contributed by atoms with Crippen LogP contribution in [0.2, 0.25) is 0 Å². The molecule has 1 heterocycles. The molecule has 18 heavy (non-hydrogen) atoms. The summed E-state index contributed by atoms with van der Waals surface area (Å²) in [7, 11) is 0. The first-order valence-corrected chi connectivity index (χ1v) is 6.75. The maximum atomic E-state index is 11.3. The number of aliphatic carboxylic acids is 1. The molecule has 0 spiro atoms. The second kappa shape index (κ2) is 6.16. The molecule has 0 aliphatic carbocycles. The Morgan fingerprint density at radius 2 is 1.89 bits per heavy atom. The molecule has 3 nitrogen and oxygen atoms in total. The summed E-state index contributed by atoms with van der Waals surface area (Å²) in [4.78, 5) is 11.3. The minimum Gasteiger partial charge on any atom is -0.478 e. The van der Waals surface area contributed by atoms with Gasteiger partial charge in [0.25, 0.3) is 0 Å². The van der Waals surface area contributed by atoms with Gasteiger partial charge in [0.05, 0.1) is 5.57 Å². The third kappa shape index (κ3) is 3.43. The van der Waals surface area contributed by atoms with E-state index in [2.05, 4.69) is 15.9 Å². The molecular formula is C14H15BrO3. The van der Waals surface area contributed by atoms with Crippen LogP contribution in [0.15, 0.2) is 34.8 Å². The zero-order valence-electron chi connectivity index (χ0n) is 9.93. The van der Waals surface area contributed by atoms with E-state index in [1.807, 2.05) is 30.3 Å². The van der Waals surface area contributed by atoms with E-state index in [1.54, 1.807) is 0 Å². The Labute approximate surface area is 115 Å². The van der Waals surface area contributed by atoms with Crippen molar-refractivity contribution in [1.82, 2.24) is 0 Å². The largest absolute Gasteiger partial charge is 0.478 e. The molecule has 1 aliphatic rings. The SMILES string of the molecule is O=C(O)/C(=C/C1CCOCC1)c1ccc(Br)cc1. The first-order chi connectivity index (χ1) is 8.66. The first kappa shape index (κ1) is 13.3. The summed E-state index contributed by atoms with van der Waals surface area (Å²) in [5.41, 5.74) is 1.13. The van der Waals surface area contributed by atoms with Gasteiger partial charge in [0, 0.05) is 17.7 Å². The quantitative estimate of drug-likeness (QED) is 0.871. The van der Waals surface area contributed by atoms with Crippen molar-refractivity contribution in [2.75, 3.05) is 13.2 Å². The summed E-state index contributed by atoms with van der Waals surface area (Å²) in [6.07, 6.45) is 3.66. The molecule has 96 valence electrons. The van der Waals surface area contributed by atoms with E-state index in [0.29, 0.717) is 24.7 Å². The van der Waals surface area contributed by atoms with Crippen LogP contribution < -0.4 is 0 Å². The van der Waals surface area contributed by atoms with Crippen molar-refractivity contribution in [1.29, 1.82) is 0 Å². The molecule has 1 aliphatic heterocycles. The Bertz CT molecular complexity index is 445. The number of halogens is 1. The van der Waals surface area contributed by atoms with Crippen LogP contribution in [-0.2, 0) is 9.53 Å². The highest BCUT2D eigenvalue weighted by Crippen LogP contribution is 2.24. The summed E-state index contributed by atoms with van der Waals surface area (Å²) in [5.74, 6) is -0.572. The number of hydrogen-bond donors (Lipinski definition) is 1. The van der Waals surface area contributed by atoms with E-state index in [9.17, 15) is 9.90 Å². The highest BCUT2D eigenvalue weighted by Gasteiger charge is 2.16. The van der Waals surface area contributed by atoms with E-state index >= 15 is 0 Å². The third-order valence-electron chi connectivity index (χ3n) is 3.05. The maximum absolute atomic E-state index is 11.3. The van der Waals surface area contributed by atoms with Gasteiger partial charge in [-0.05, 0) is 36.5 Å². The van der Waals surface area contributed by atoms with Gasteiger partial charge in [0.2, 0.25) is 0 Å². The van der Waals surface area contributed by atoms with Gasteiger partial charge in [0.15, 0.2) is 0 Å². The highest BCUT2D eigenvalue weighted by molar-refractivity contribution is 9.10. The Hall–Kier alpha value is -1.13. The molecular weight excluding hydrogens is 296 g/mol. The lowest BCUT2D eigenvalue weighted by Gasteiger charge is -2.19. The number of allylic oxidation sites excluding steroid dienone is 1. The minimum absolute atomic E-state index is 0.300. The number of rotatable bonds is 3. The van der Waals surface area contributed by atoms with Crippen LogP contribution in [0.3, 0.4) is 0 Å². The van der Waals surface area contributed by atoms with E-state index in [1.165, 1.54) is 0 Å². The number of carboxylic acids is 1. The van der Waals surface area contributed by atoms with Crippen molar-refractivity contribution in [3.8, 4) is 0 Å². The van der Waals surface area contributed by atoms with Gasteiger partial charge in [-0.1, -0.05) is 34.1 Å². The van der Waals surface area contributed by atoms with Gasteiger partial charge in [-0.2, -0.15) is 0 Å². The molecule has 0 aromatic heterocycles. The van der Waals surface area contributed by atoms with Gasteiger partial charge in [0.1, 0.15) is 0 Å². The molecule has 0 atom stereocenters. The Kier molecular flexibility index (Phi) is 4.55. The summed E-state index contributed by atoms with van der Waals surface area (Å²) in [5, 5.41) is 9.32. The first-order valence-electron chi connectivity index (χ1n) is 5.95. The summed E-state index contributed by atoms with van der Waals surface area (Å²) in [6, 6.07) is 7.36. The second-order valence-electron chi connectivity index (χ2n) is 4.34. The molecule has 4 heteroatoms. The number of ether oxygens (including phenoxy) is 1. The Morgan fingerprint density at radius 1 is 1.28 bits per heavy atom. The lowest BCUT2D eigenvalue weighted by atomic mass is 9.94. The molecule has 1 saturated heterocycles.